The summed E-state index contributed by atoms with van der Waals surface area (Å²) in [6.45, 7) is 5.74. The van der Waals surface area contributed by atoms with Gasteiger partial charge < -0.3 is 25.2 Å². The molecule has 1 saturated carbocycles. The van der Waals surface area contributed by atoms with Crippen molar-refractivity contribution in [3.8, 4) is 11.1 Å². The number of rotatable bonds is 12. The first-order valence-electron chi connectivity index (χ1n) is 17.2. The summed E-state index contributed by atoms with van der Waals surface area (Å²) in [6, 6.07) is 24.0. The maximum atomic E-state index is 13.5. The van der Waals surface area contributed by atoms with Crippen molar-refractivity contribution < 1.29 is 33.8 Å². The number of fused-ring (bicyclic) bond motifs is 3. The number of urea groups is 1. The number of esters is 1. The molecule has 50 heavy (non-hydrogen) atoms. The summed E-state index contributed by atoms with van der Waals surface area (Å²) in [6.07, 6.45) is 1.82. The van der Waals surface area contributed by atoms with Crippen molar-refractivity contribution in [3.05, 3.63) is 95.6 Å². The first-order chi connectivity index (χ1) is 24.0. The molecule has 11 heteroatoms. The molecule has 2 aliphatic rings. The monoisotopic (exact) mass is 682 g/mol. The van der Waals surface area contributed by atoms with Crippen LogP contribution in [-0.4, -0.2) is 59.7 Å². The number of hydrogen-bond donors (Lipinski definition) is 4. The molecule has 0 heterocycles. The van der Waals surface area contributed by atoms with Crippen LogP contribution in [0.2, 0.25) is 0 Å². The maximum Gasteiger partial charge on any atom is 0.407 e. The smallest absolute Gasteiger partial charge is 0.407 e. The molecule has 3 aromatic rings. The molecule has 0 spiro atoms. The molecule has 2 aliphatic carbocycles. The summed E-state index contributed by atoms with van der Waals surface area (Å²) < 4.78 is 11.4. The van der Waals surface area contributed by atoms with Crippen molar-refractivity contribution in [1.82, 2.24) is 16.1 Å². The Morgan fingerprint density at radius 3 is 2.06 bits per heavy atom. The van der Waals surface area contributed by atoms with E-state index in [2.05, 4.69) is 33.3 Å². The fraction of sp³-hybridized carbons (Fsp3) is 0.410. The van der Waals surface area contributed by atoms with Gasteiger partial charge in [-0.25, -0.2) is 15.0 Å². The van der Waals surface area contributed by atoms with Crippen molar-refractivity contribution in [1.29, 1.82) is 0 Å². The van der Waals surface area contributed by atoms with Crippen LogP contribution in [0.25, 0.3) is 11.1 Å². The summed E-state index contributed by atoms with van der Waals surface area (Å²) in [7, 11) is 0. The number of carbonyl (C=O) groups excluding carboxylic acids is 3. The molecule has 264 valence electrons. The van der Waals surface area contributed by atoms with Gasteiger partial charge in [0.2, 0.25) is 0 Å². The predicted molar refractivity (Wildman–Crippen MR) is 190 cm³/mol. The minimum Gasteiger partial charge on any atom is -0.481 e. The van der Waals surface area contributed by atoms with Gasteiger partial charge in [0.15, 0.2) is 0 Å². The topological polar surface area (TPSA) is 155 Å². The molecule has 3 amide bonds. The Labute approximate surface area is 292 Å². The van der Waals surface area contributed by atoms with E-state index in [1.165, 1.54) is 0 Å². The number of nitrogens with one attached hydrogen (secondary N) is 3. The van der Waals surface area contributed by atoms with Gasteiger partial charge in [-0.2, -0.15) is 5.10 Å². The standard InChI is InChI=1S/C39H46N4O7/c1-39(2,3)50-35(44)22-33(41-38(48)49-24-32-30-15-9-7-13-28(30)29-14-8-10-16-31(29)32)34(21-25-11-5-4-6-12-25)42-43-37(47)40-23-26-17-19-27(20-18-26)36(45)46/h4-16,26-27,32-33H,17-24H2,1-3H3,(H,41,48)(H,45,46)(H2,40,43,47)/b42-34+/t26?,27?,33-/m0/s1. The van der Waals surface area contributed by atoms with E-state index in [0.717, 1.165) is 27.8 Å². The average molecular weight is 683 g/mol. The number of benzene rings is 3. The van der Waals surface area contributed by atoms with Crippen molar-refractivity contribution in [3.63, 3.8) is 0 Å². The van der Waals surface area contributed by atoms with Crippen LogP contribution < -0.4 is 16.1 Å². The number of nitrogens with zero attached hydrogens (tertiary/aromatic N) is 1. The summed E-state index contributed by atoms with van der Waals surface area (Å²) in [5.74, 6) is -1.65. The molecule has 3 aromatic carbocycles. The first kappa shape index (κ1) is 36.1. The van der Waals surface area contributed by atoms with Crippen LogP contribution in [0.5, 0.6) is 0 Å². The second kappa shape index (κ2) is 16.5. The van der Waals surface area contributed by atoms with E-state index in [9.17, 15) is 24.3 Å². The van der Waals surface area contributed by atoms with Gasteiger partial charge in [-0.05, 0) is 80.2 Å². The Morgan fingerprint density at radius 1 is 0.860 bits per heavy atom. The highest BCUT2D eigenvalue weighted by molar-refractivity contribution is 5.97. The van der Waals surface area contributed by atoms with Gasteiger partial charge in [-0.3, -0.25) is 9.59 Å². The van der Waals surface area contributed by atoms with E-state index in [0.29, 0.717) is 37.9 Å². The Bertz CT molecular complexity index is 1650. The molecule has 0 aliphatic heterocycles. The van der Waals surface area contributed by atoms with Crippen LogP contribution >= 0.6 is 0 Å². The van der Waals surface area contributed by atoms with E-state index < -0.39 is 35.7 Å². The average Bonchev–Trinajstić information content (AvgIpc) is 3.41. The molecule has 0 bridgehead atoms. The largest absolute Gasteiger partial charge is 0.481 e. The van der Waals surface area contributed by atoms with Gasteiger partial charge in [-0.15, -0.1) is 0 Å². The van der Waals surface area contributed by atoms with Crippen molar-refractivity contribution in [2.24, 2.45) is 16.9 Å². The maximum absolute atomic E-state index is 13.5. The van der Waals surface area contributed by atoms with Gasteiger partial charge in [-0.1, -0.05) is 78.9 Å². The van der Waals surface area contributed by atoms with Crippen LogP contribution in [0, 0.1) is 11.8 Å². The number of carbonyl (C=O) groups is 4. The molecule has 1 fully saturated rings. The molecular weight excluding hydrogens is 636 g/mol. The number of ether oxygens (including phenoxy) is 2. The van der Waals surface area contributed by atoms with Crippen LogP contribution in [0.4, 0.5) is 9.59 Å². The lowest BCUT2D eigenvalue weighted by Crippen LogP contribution is -2.46. The van der Waals surface area contributed by atoms with Gasteiger partial charge in [0, 0.05) is 18.9 Å². The number of carboxylic acid groups (broad SMARTS) is 1. The fourth-order valence-corrected chi connectivity index (χ4v) is 6.64. The number of alkyl carbamates (subject to hydrolysis) is 1. The minimum atomic E-state index is -0.965. The van der Waals surface area contributed by atoms with Gasteiger partial charge in [0.05, 0.1) is 24.1 Å². The summed E-state index contributed by atoms with van der Waals surface area (Å²) in [5, 5.41) is 19.4. The van der Waals surface area contributed by atoms with Crippen molar-refractivity contribution >= 4 is 29.8 Å². The molecule has 0 saturated heterocycles. The lowest BCUT2D eigenvalue weighted by Gasteiger charge is -2.26. The highest BCUT2D eigenvalue weighted by Crippen LogP contribution is 2.44. The molecule has 0 unspecified atom stereocenters. The Morgan fingerprint density at radius 2 is 1.46 bits per heavy atom. The third kappa shape index (κ3) is 9.93. The van der Waals surface area contributed by atoms with Crippen LogP contribution in [0.15, 0.2) is 84.0 Å². The predicted octanol–water partition coefficient (Wildman–Crippen LogP) is 6.41. The lowest BCUT2D eigenvalue weighted by molar-refractivity contribution is -0.155. The van der Waals surface area contributed by atoms with E-state index in [1.807, 2.05) is 66.7 Å². The molecule has 1 atom stereocenters. The minimum absolute atomic E-state index is 0.0826. The number of hydrazone groups is 1. The first-order valence-corrected chi connectivity index (χ1v) is 17.2. The second-order valence-corrected chi connectivity index (χ2v) is 14.0. The summed E-state index contributed by atoms with van der Waals surface area (Å²) in [5.41, 5.74) is 7.32. The molecule has 11 nitrogen and oxygen atoms in total. The number of hydrogen-bond acceptors (Lipinski definition) is 7. The molecule has 5 rings (SSSR count). The highest BCUT2D eigenvalue weighted by Gasteiger charge is 2.31. The zero-order chi connectivity index (χ0) is 35.7. The van der Waals surface area contributed by atoms with Gasteiger partial charge in [0.1, 0.15) is 12.2 Å². The van der Waals surface area contributed by atoms with Gasteiger partial charge in [0.25, 0.3) is 0 Å². The normalized spacial score (nSPS) is 17.9. The molecule has 0 aromatic heterocycles. The Hall–Kier alpha value is -5.19. The van der Waals surface area contributed by atoms with Crippen LogP contribution in [0.1, 0.15) is 75.5 Å². The highest BCUT2D eigenvalue weighted by atomic mass is 16.6. The number of carboxylic acids is 1. The number of aliphatic carboxylic acids is 1. The Balaban J connectivity index is 1.30. The molecule has 0 radical (unpaired) electrons. The number of amides is 3. The molecular formula is C39H46N4O7. The summed E-state index contributed by atoms with van der Waals surface area (Å²) in [4.78, 5) is 50.8. The third-order valence-electron chi connectivity index (χ3n) is 9.11. The van der Waals surface area contributed by atoms with Crippen molar-refractivity contribution in [2.75, 3.05) is 13.2 Å². The van der Waals surface area contributed by atoms with Crippen LogP contribution in [-0.2, 0) is 25.5 Å². The van der Waals surface area contributed by atoms with E-state index in [4.69, 9.17) is 9.47 Å². The summed E-state index contributed by atoms with van der Waals surface area (Å²) >= 11 is 0. The SMILES string of the molecule is CC(C)(C)OC(=O)C[C@H](NC(=O)OCC1c2ccccc2-c2ccccc21)/C(Cc1ccccc1)=N/NC(=O)NCC1CCC(C(=O)O)CC1. The van der Waals surface area contributed by atoms with E-state index in [1.54, 1.807) is 20.8 Å². The Kier molecular flexibility index (Phi) is 11.9. The van der Waals surface area contributed by atoms with E-state index in [-0.39, 0.29) is 37.2 Å². The quantitative estimate of drug-likeness (QED) is 0.0977. The zero-order valence-electron chi connectivity index (χ0n) is 28.8. The third-order valence-corrected chi connectivity index (χ3v) is 9.11. The second-order valence-electron chi connectivity index (χ2n) is 14.0. The van der Waals surface area contributed by atoms with Crippen LogP contribution in [0.3, 0.4) is 0 Å². The van der Waals surface area contributed by atoms with Gasteiger partial charge >= 0.3 is 24.1 Å². The van der Waals surface area contributed by atoms with Crippen molar-refractivity contribution in [2.45, 2.75) is 76.9 Å². The molecule has 4 N–H and O–H groups in total. The van der Waals surface area contributed by atoms with E-state index >= 15 is 0 Å². The lowest BCUT2D eigenvalue weighted by atomic mass is 9.82. The zero-order valence-corrected chi connectivity index (χ0v) is 28.8. The fourth-order valence-electron chi connectivity index (χ4n) is 6.64.